The third kappa shape index (κ3) is 4.23. The number of carbonyl (C=O) groups is 1. The molecule has 2 rings (SSSR count). The molecule has 0 aliphatic rings. The predicted molar refractivity (Wildman–Crippen MR) is 81.6 cm³/mol. The Kier molecular flexibility index (Phi) is 5.19. The van der Waals surface area contributed by atoms with Gasteiger partial charge in [-0.25, -0.2) is 0 Å². The molecule has 0 saturated heterocycles. The van der Waals surface area contributed by atoms with Gasteiger partial charge in [0, 0.05) is 31.8 Å². The molecule has 4 nitrogen and oxygen atoms in total. The van der Waals surface area contributed by atoms with Crippen molar-refractivity contribution in [3.8, 4) is 11.8 Å². The zero-order valence-electron chi connectivity index (χ0n) is 12.0. The average Bonchev–Trinajstić information content (AvgIpc) is 3.02. The molecule has 21 heavy (non-hydrogen) atoms. The summed E-state index contributed by atoms with van der Waals surface area (Å²) in [5, 5.41) is 8.68. The van der Waals surface area contributed by atoms with E-state index in [0.717, 1.165) is 11.1 Å². The minimum Gasteiger partial charge on any atom is -0.395 e. The van der Waals surface area contributed by atoms with Gasteiger partial charge >= 0.3 is 0 Å². The molecule has 4 heteroatoms. The second kappa shape index (κ2) is 7.32. The summed E-state index contributed by atoms with van der Waals surface area (Å²) >= 11 is 0. The summed E-state index contributed by atoms with van der Waals surface area (Å²) in [7, 11) is 1.78. The third-order valence-electron chi connectivity index (χ3n) is 3.02. The minimum atomic E-state index is -0.0354. The van der Waals surface area contributed by atoms with Crippen LogP contribution in [-0.2, 0) is 6.54 Å². The number of aromatic amines is 1. The molecule has 108 valence electrons. The van der Waals surface area contributed by atoms with E-state index >= 15 is 0 Å². The summed E-state index contributed by atoms with van der Waals surface area (Å²) in [6.45, 7) is 0.624. The number of amides is 1. The van der Waals surface area contributed by atoms with Crippen molar-refractivity contribution in [1.82, 2.24) is 9.88 Å². The fraction of sp³-hybridized carbons (Fsp3) is 0.235. The predicted octanol–water partition coefficient (Wildman–Crippen LogP) is 2.02. The Morgan fingerprint density at radius 3 is 2.67 bits per heavy atom. The van der Waals surface area contributed by atoms with Crippen molar-refractivity contribution < 1.29 is 9.90 Å². The van der Waals surface area contributed by atoms with Gasteiger partial charge in [0.05, 0.1) is 6.61 Å². The number of carbonyl (C=O) groups excluding carboxylic acids is 1. The quantitative estimate of drug-likeness (QED) is 0.843. The fourth-order valence-corrected chi connectivity index (χ4v) is 1.93. The van der Waals surface area contributed by atoms with Crippen molar-refractivity contribution in [2.75, 3.05) is 13.7 Å². The highest BCUT2D eigenvalue weighted by Crippen LogP contribution is 2.08. The second-order valence-corrected chi connectivity index (χ2v) is 4.72. The molecule has 0 unspecified atom stereocenters. The summed E-state index contributed by atoms with van der Waals surface area (Å²) < 4.78 is 0. The first-order valence-corrected chi connectivity index (χ1v) is 6.78. The lowest BCUT2D eigenvalue weighted by Gasteiger charge is -2.16. The molecule has 2 aromatic rings. The third-order valence-corrected chi connectivity index (χ3v) is 3.02. The van der Waals surface area contributed by atoms with Crippen molar-refractivity contribution >= 4 is 5.91 Å². The normalized spacial score (nSPS) is 9.81. The number of benzene rings is 1. The number of nitrogens with zero attached hydrogens (tertiary/aromatic N) is 1. The van der Waals surface area contributed by atoms with E-state index in [4.69, 9.17) is 5.11 Å². The van der Waals surface area contributed by atoms with Crippen LogP contribution in [0.25, 0.3) is 0 Å². The molecule has 1 aromatic carbocycles. The highest BCUT2D eigenvalue weighted by Gasteiger charge is 2.12. The number of aromatic nitrogens is 1. The molecule has 1 amide bonds. The lowest BCUT2D eigenvalue weighted by molar-refractivity contribution is 0.0780. The first-order valence-electron chi connectivity index (χ1n) is 6.78. The van der Waals surface area contributed by atoms with Crippen LogP contribution in [0.3, 0.4) is 0 Å². The Balaban J connectivity index is 1.97. The maximum atomic E-state index is 12.1. The number of aliphatic hydroxyl groups excluding tert-OH is 1. The van der Waals surface area contributed by atoms with Gasteiger partial charge < -0.3 is 15.0 Å². The Morgan fingerprint density at radius 1 is 1.29 bits per heavy atom. The maximum absolute atomic E-state index is 12.1. The van der Waals surface area contributed by atoms with Crippen LogP contribution in [0.15, 0.2) is 42.6 Å². The smallest absolute Gasteiger partial charge is 0.270 e. The first kappa shape index (κ1) is 14.9. The van der Waals surface area contributed by atoms with Gasteiger partial charge in [0.25, 0.3) is 5.91 Å². The lowest BCUT2D eigenvalue weighted by atomic mass is 10.1. The fourth-order valence-electron chi connectivity index (χ4n) is 1.93. The molecule has 0 spiro atoms. The SMILES string of the molecule is CN(Cc1ccc(C#CCCO)cc1)C(=O)c1ccc[nH]1. The summed E-state index contributed by atoms with van der Waals surface area (Å²) in [6.07, 6.45) is 2.22. The van der Waals surface area contributed by atoms with E-state index in [2.05, 4.69) is 16.8 Å². The van der Waals surface area contributed by atoms with E-state index in [1.807, 2.05) is 24.3 Å². The van der Waals surface area contributed by atoms with Gasteiger partial charge in [-0.15, -0.1) is 0 Å². The monoisotopic (exact) mass is 282 g/mol. The molecule has 1 aromatic heterocycles. The van der Waals surface area contributed by atoms with E-state index < -0.39 is 0 Å². The van der Waals surface area contributed by atoms with Crippen molar-refractivity contribution in [3.05, 3.63) is 59.4 Å². The molecule has 2 N–H and O–H groups in total. The number of hydrogen-bond donors (Lipinski definition) is 2. The van der Waals surface area contributed by atoms with E-state index in [1.165, 1.54) is 0 Å². The Hall–Kier alpha value is -2.51. The number of nitrogens with one attached hydrogen (secondary N) is 1. The van der Waals surface area contributed by atoms with Gasteiger partial charge in [-0.2, -0.15) is 0 Å². The Morgan fingerprint density at radius 2 is 2.05 bits per heavy atom. The van der Waals surface area contributed by atoms with Gasteiger partial charge in [-0.3, -0.25) is 4.79 Å². The number of aliphatic hydroxyl groups is 1. The van der Waals surface area contributed by atoms with Crippen molar-refractivity contribution in [2.24, 2.45) is 0 Å². The molecule has 0 bridgehead atoms. The summed E-state index contributed by atoms with van der Waals surface area (Å²) in [4.78, 5) is 16.7. The molecule has 1 heterocycles. The zero-order chi connectivity index (χ0) is 15.1. The van der Waals surface area contributed by atoms with Crippen LogP contribution >= 0.6 is 0 Å². The standard InChI is InChI=1S/C17H18N2O2/c1-19(17(21)16-6-4-11-18-16)13-15-9-7-14(8-10-15)5-2-3-12-20/h4,6-11,18,20H,3,12-13H2,1H3. The van der Waals surface area contributed by atoms with Crippen LogP contribution < -0.4 is 0 Å². The highest BCUT2D eigenvalue weighted by molar-refractivity contribution is 5.92. The number of hydrogen-bond acceptors (Lipinski definition) is 2. The molecule has 0 saturated carbocycles. The van der Waals surface area contributed by atoms with Crippen molar-refractivity contribution in [1.29, 1.82) is 0 Å². The zero-order valence-corrected chi connectivity index (χ0v) is 12.0. The van der Waals surface area contributed by atoms with Gasteiger partial charge in [0.1, 0.15) is 5.69 Å². The molecule has 0 aliphatic carbocycles. The van der Waals surface area contributed by atoms with Crippen LogP contribution in [0.2, 0.25) is 0 Å². The summed E-state index contributed by atoms with van der Waals surface area (Å²) in [5.74, 6) is 5.82. The molecule has 0 radical (unpaired) electrons. The Bertz CT molecular complexity index is 634. The largest absolute Gasteiger partial charge is 0.395 e. The first-order chi connectivity index (χ1) is 10.2. The van der Waals surface area contributed by atoms with Crippen molar-refractivity contribution in [2.45, 2.75) is 13.0 Å². The Labute approximate surface area is 124 Å². The summed E-state index contributed by atoms with van der Waals surface area (Å²) in [6, 6.07) is 11.3. The molecular weight excluding hydrogens is 264 g/mol. The van der Waals surface area contributed by atoms with E-state index in [9.17, 15) is 4.79 Å². The number of H-pyrrole nitrogens is 1. The lowest BCUT2D eigenvalue weighted by Crippen LogP contribution is -2.26. The van der Waals surface area contributed by atoms with Crippen LogP contribution in [0.5, 0.6) is 0 Å². The van der Waals surface area contributed by atoms with Gasteiger partial charge in [-0.05, 0) is 29.8 Å². The van der Waals surface area contributed by atoms with Crippen molar-refractivity contribution in [3.63, 3.8) is 0 Å². The van der Waals surface area contributed by atoms with Crippen LogP contribution in [-0.4, -0.2) is 34.6 Å². The molecule has 0 atom stereocenters. The van der Waals surface area contributed by atoms with Gasteiger partial charge in [0.2, 0.25) is 0 Å². The molecule has 0 fully saturated rings. The topological polar surface area (TPSA) is 56.3 Å². The second-order valence-electron chi connectivity index (χ2n) is 4.72. The molecule has 0 aliphatic heterocycles. The van der Waals surface area contributed by atoms with E-state index in [0.29, 0.717) is 18.7 Å². The molecular formula is C17H18N2O2. The average molecular weight is 282 g/mol. The van der Waals surface area contributed by atoms with E-state index in [1.54, 1.807) is 30.3 Å². The van der Waals surface area contributed by atoms with Crippen LogP contribution in [0.4, 0.5) is 0 Å². The van der Waals surface area contributed by atoms with Crippen LogP contribution in [0.1, 0.15) is 28.0 Å². The van der Waals surface area contributed by atoms with Gasteiger partial charge in [0.15, 0.2) is 0 Å². The minimum absolute atomic E-state index is 0.0354. The van der Waals surface area contributed by atoms with Gasteiger partial charge in [-0.1, -0.05) is 24.0 Å². The van der Waals surface area contributed by atoms with Crippen LogP contribution in [0, 0.1) is 11.8 Å². The highest BCUT2D eigenvalue weighted by atomic mass is 16.2. The van der Waals surface area contributed by atoms with E-state index in [-0.39, 0.29) is 12.5 Å². The number of rotatable bonds is 4. The summed E-state index contributed by atoms with van der Waals surface area (Å²) in [5.41, 5.74) is 2.54. The maximum Gasteiger partial charge on any atom is 0.270 e.